The molecular formula is C29H42F2N2O. The minimum atomic E-state index is -2.62. The standard InChI is InChI=1S/C29H42F2N2O/c1-7-10-12-26(18-24-14-15-25-13-11-16-34-28(25)19-24)27(17-22(5)29(30)31)33(23(6)9-3)32-20-21(4)8-2/h14-15,17,19-21,26,29H,5-13,16,18H2,1-4H3/b27-17-,32-20-. The lowest BCUT2D eigenvalue weighted by molar-refractivity contribution is 0.193. The van der Waals surface area contributed by atoms with Gasteiger partial charge in [-0.2, -0.15) is 5.10 Å². The van der Waals surface area contributed by atoms with Crippen molar-refractivity contribution in [3.05, 3.63) is 65.5 Å². The van der Waals surface area contributed by atoms with Gasteiger partial charge < -0.3 is 4.74 Å². The Morgan fingerprint density at radius 3 is 2.65 bits per heavy atom. The third kappa shape index (κ3) is 8.11. The van der Waals surface area contributed by atoms with Gasteiger partial charge in [0.15, 0.2) is 0 Å². The van der Waals surface area contributed by atoms with Gasteiger partial charge in [-0.1, -0.05) is 65.8 Å². The van der Waals surface area contributed by atoms with Crippen LogP contribution in [0.2, 0.25) is 0 Å². The molecule has 188 valence electrons. The summed E-state index contributed by atoms with van der Waals surface area (Å²) in [5.74, 6) is 1.22. The highest BCUT2D eigenvalue weighted by Gasteiger charge is 2.24. The number of hydrogen-bond acceptors (Lipinski definition) is 3. The van der Waals surface area contributed by atoms with E-state index < -0.39 is 6.43 Å². The van der Waals surface area contributed by atoms with Crippen LogP contribution in [0.1, 0.15) is 77.3 Å². The van der Waals surface area contributed by atoms with Crippen LogP contribution in [0.3, 0.4) is 0 Å². The fourth-order valence-electron chi connectivity index (χ4n) is 3.97. The smallest absolute Gasteiger partial charge is 0.263 e. The molecule has 0 aliphatic carbocycles. The summed E-state index contributed by atoms with van der Waals surface area (Å²) < 4.78 is 33.1. The van der Waals surface area contributed by atoms with Gasteiger partial charge in [0.25, 0.3) is 6.43 Å². The van der Waals surface area contributed by atoms with Gasteiger partial charge in [0, 0.05) is 29.1 Å². The van der Waals surface area contributed by atoms with Gasteiger partial charge in [-0.15, -0.1) is 0 Å². The maximum Gasteiger partial charge on any atom is 0.263 e. The number of unbranched alkanes of at least 4 members (excludes halogenated alkanes) is 1. The molecule has 1 aliphatic heterocycles. The fourth-order valence-corrected chi connectivity index (χ4v) is 3.97. The number of hydrogen-bond donors (Lipinski definition) is 0. The quantitative estimate of drug-likeness (QED) is 0.154. The second kappa shape index (κ2) is 14.1. The van der Waals surface area contributed by atoms with Crippen LogP contribution >= 0.6 is 0 Å². The van der Waals surface area contributed by atoms with Crippen LogP contribution in [0.5, 0.6) is 5.75 Å². The predicted molar refractivity (Wildman–Crippen MR) is 139 cm³/mol. The van der Waals surface area contributed by atoms with Gasteiger partial charge in [0.2, 0.25) is 0 Å². The number of benzene rings is 1. The van der Waals surface area contributed by atoms with Crippen molar-refractivity contribution in [2.45, 2.75) is 85.5 Å². The van der Waals surface area contributed by atoms with E-state index in [-0.39, 0.29) is 17.4 Å². The number of aryl methyl sites for hydroxylation is 1. The number of rotatable bonds is 14. The van der Waals surface area contributed by atoms with Crippen LogP contribution in [-0.4, -0.2) is 24.3 Å². The highest BCUT2D eigenvalue weighted by Crippen LogP contribution is 2.33. The van der Waals surface area contributed by atoms with Crippen LogP contribution in [-0.2, 0) is 12.8 Å². The summed E-state index contributed by atoms with van der Waals surface area (Å²) in [6.07, 6.45) is 8.10. The molecule has 2 rings (SSSR count). The van der Waals surface area contributed by atoms with E-state index in [1.54, 1.807) is 5.01 Å². The molecule has 1 heterocycles. The van der Waals surface area contributed by atoms with Gasteiger partial charge in [0.05, 0.1) is 6.61 Å². The summed E-state index contributed by atoms with van der Waals surface area (Å²) in [5.41, 5.74) is 3.70. The normalized spacial score (nSPS) is 15.7. The van der Waals surface area contributed by atoms with Gasteiger partial charge >= 0.3 is 0 Å². The molecular weight excluding hydrogens is 430 g/mol. The lowest BCUT2D eigenvalue weighted by Crippen LogP contribution is -2.25. The van der Waals surface area contributed by atoms with Crippen molar-refractivity contribution in [2.24, 2.45) is 16.9 Å². The first-order valence-corrected chi connectivity index (χ1v) is 12.8. The Morgan fingerprint density at radius 1 is 1.24 bits per heavy atom. The average Bonchev–Trinajstić information content (AvgIpc) is 2.85. The molecule has 0 saturated carbocycles. The number of hydrazone groups is 1. The molecule has 0 fully saturated rings. The first-order chi connectivity index (χ1) is 16.3. The Bertz CT molecular complexity index is 875. The molecule has 5 heteroatoms. The number of allylic oxidation sites excluding steroid dienone is 4. The van der Waals surface area contributed by atoms with Gasteiger partial charge in [-0.3, -0.25) is 0 Å². The zero-order valence-electron chi connectivity index (χ0n) is 21.5. The summed E-state index contributed by atoms with van der Waals surface area (Å²) in [6, 6.07) is 6.41. The topological polar surface area (TPSA) is 24.8 Å². The molecule has 2 atom stereocenters. The zero-order valence-corrected chi connectivity index (χ0v) is 21.5. The summed E-state index contributed by atoms with van der Waals surface area (Å²) in [4.78, 5) is 0. The summed E-state index contributed by atoms with van der Waals surface area (Å²) in [5, 5.41) is 6.54. The molecule has 0 aromatic heterocycles. The van der Waals surface area contributed by atoms with Gasteiger partial charge in [-0.05, 0) is 67.7 Å². The van der Waals surface area contributed by atoms with E-state index in [0.29, 0.717) is 12.8 Å². The monoisotopic (exact) mass is 472 g/mol. The Morgan fingerprint density at radius 2 is 2.00 bits per heavy atom. The lowest BCUT2D eigenvalue weighted by Gasteiger charge is -2.31. The number of nitrogens with zero attached hydrogens (tertiary/aromatic N) is 2. The summed E-state index contributed by atoms with van der Waals surface area (Å²) in [7, 11) is 0. The second-order valence-corrected chi connectivity index (χ2v) is 9.26. The largest absolute Gasteiger partial charge is 0.493 e. The molecule has 0 amide bonds. The molecule has 1 aromatic rings. The third-order valence-electron chi connectivity index (χ3n) is 6.43. The molecule has 0 radical (unpaired) electrons. The Labute approximate surface area is 205 Å². The Kier molecular flexibility index (Phi) is 11.5. The molecule has 1 aliphatic rings. The van der Waals surface area contributed by atoms with Crippen molar-refractivity contribution in [3.63, 3.8) is 0 Å². The van der Waals surface area contributed by atoms with Crippen molar-refractivity contribution in [1.29, 1.82) is 0 Å². The molecule has 0 N–H and O–H groups in total. The third-order valence-corrected chi connectivity index (χ3v) is 6.43. The SMILES string of the molecule is C=C(/C=C(/C(CCCC)Cc1ccc2c(c1)OCCC2)N(/N=C\C(C)CC)C(=C)CC)C(F)F. The molecule has 2 unspecified atom stereocenters. The van der Waals surface area contributed by atoms with E-state index in [1.807, 2.05) is 13.1 Å². The van der Waals surface area contributed by atoms with Crippen molar-refractivity contribution >= 4 is 6.21 Å². The van der Waals surface area contributed by atoms with Crippen LogP contribution < -0.4 is 4.74 Å². The van der Waals surface area contributed by atoms with Crippen molar-refractivity contribution in [2.75, 3.05) is 6.61 Å². The van der Waals surface area contributed by atoms with E-state index in [0.717, 1.165) is 67.8 Å². The van der Waals surface area contributed by atoms with Crippen molar-refractivity contribution in [1.82, 2.24) is 5.01 Å². The van der Waals surface area contributed by atoms with Crippen LogP contribution in [0.15, 0.2) is 59.5 Å². The zero-order chi connectivity index (χ0) is 25.1. The van der Waals surface area contributed by atoms with Gasteiger partial charge in [0.1, 0.15) is 5.75 Å². The second-order valence-electron chi connectivity index (χ2n) is 9.26. The lowest BCUT2D eigenvalue weighted by atomic mass is 9.88. The maximum atomic E-state index is 13.6. The molecule has 1 aromatic carbocycles. The summed E-state index contributed by atoms with van der Waals surface area (Å²) >= 11 is 0. The molecule has 0 bridgehead atoms. The number of halogens is 2. The van der Waals surface area contributed by atoms with Gasteiger partial charge in [-0.25, -0.2) is 13.8 Å². The number of fused-ring (bicyclic) bond motifs is 1. The Balaban J connectivity index is 2.51. The predicted octanol–water partition coefficient (Wildman–Crippen LogP) is 8.32. The molecule has 34 heavy (non-hydrogen) atoms. The number of ether oxygens (including phenoxy) is 1. The minimum Gasteiger partial charge on any atom is -0.493 e. The number of alkyl halides is 2. The van der Waals surface area contributed by atoms with Crippen LogP contribution in [0, 0.1) is 11.8 Å². The minimum absolute atomic E-state index is 0.00512. The Hall–Kier alpha value is -2.43. The molecule has 0 saturated heterocycles. The summed E-state index contributed by atoms with van der Waals surface area (Å²) in [6.45, 7) is 17.0. The van der Waals surface area contributed by atoms with Crippen LogP contribution in [0.4, 0.5) is 8.78 Å². The maximum absolute atomic E-state index is 13.6. The highest BCUT2D eigenvalue weighted by atomic mass is 19.3. The fraction of sp³-hybridized carbons (Fsp3) is 0.552. The first kappa shape index (κ1) is 27.8. The van der Waals surface area contributed by atoms with E-state index in [9.17, 15) is 8.78 Å². The van der Waals surface area contributed by atoms with Crippen molar-refractivity contribution in [3.8, 4) is 5.75 Å². The van der Waals surface area contributed by atoms with E-state index in [2.05, 4.69) is 52.1 Å². The van der Waals surface area contributed by atoms with Crippen molar-refractivity contribution < 1.29 is 13.5 Å². The molecule has 3 nitrogen and oxygen atoms in total. The molecule has 0 spiro atoms. The van der Waals surface area contributed by atoms with Crippen LogP contribution in [0.25, 0.3) is 0 Å². The first-order valence-electron chi connectivity index (χ1n) is 12.8. The van der Waals surface area contributed by atoms with E-state index in [4.69, 9.17) is 9.84 Å². The highest BCUT2D eigenvalue weighted by molar-refractivity contribution is 5.60. The van der Waals surface area contributed by atoms with E-state index >= 15 is 0 Å². The average molecular weight is 473 g/mol. The van der Waals surface area contributed by atoms with E-state index in [1.165, 1.54) is 11.6 Å².